The summed E-state index contributed by atoms with van der Waals surface area (Å²) in [7, 11) is 0. The number of hydrogen-bond donors (Lipinski definition) is 2. The molecule has 0 radical (unpaired) electrons. The molecule has 2 rings (SSSR count). The van der Waals surface area contributed by atoms with Crippen molar-refractivity contribution >= 4 is 30.2 Å². The molecule has 1 heterocycles. The zero-order chi connectivity index (χ0) is 15.2. The van der Waals surface area contributed by atoms with E-state index in [1.807, 2.05) is 0 Å². The number of nitrogens with one attached hydrogen (secondary N) is 2. The second-order valence-corrected chi connectivity index (χ2v) is 5.02. The second kappa shape index (κ2) is 7.28. The molecule has 1 amide bonds. The van der Waals surface area contributed by atoms with Crippen LogP contribution in [0.5, 0.6) is 0 Å². The molecular weight excluding hydrogens is 301 g/mol. The van der Waals surface area contributed by atoms with E-state index in [0.29, 0.717) is 6.42 Å². The summed E-state index contributed by atoms with van der Waals surface area (Å²) >= 11 is 5.65. The van der Waals surface area contributed by atoms with Gasteiger partial charge in [-0.1, -0.05) is 0 Å². The summed E-state index contributed by atoms with van der Waals surface area (Å²) in [5, 5.41) is 2.98. The van der Waals surface area contributed by atoms with Crippen LogP contribution in [0.15, 0.2) is 11.2 Å². The average molecular weight is 316 g/mol. The maximum atomic E-state index is 13.6. The molecule has 0 saturated heterocycles. The minimum Gasteiger partial charge on any atom is -0.365 e. The van der Waals surface area contributed by atoms with Crippen molar-refractivity contribution in [3.8, 4) is 0 Å². The minimum absolute atomic E-state index is 0.00731. The van der Waals surface area contributed by atoms with Crippen LogP contribution >= 0.6 is 11.6 Å². The molecule has 7 nitrogen and oxygen atoms in total. The third kappa shape index (κ3) is 4.61. The molecule has 114 valence electrons. The molecule has 1 aromatic rings. The van der Waals surface area contributed by atoms with Gasteiger partial charge in [0.1, 0.15) is 0 Å². The smallest absolute Gasteiger partial charge is 0.365 e. The van der Waals surface area contributed by atoms with E-state index < -0.39 is 11.9 Å². The summed E-state index contributed by atoms with van der Waals surface area (Å²) in [6, 6.07) is -0.0468. The Bertz CT molecular complexity index is 530. The third-order valence-electron chi connectivity index (χ3n) is 3.17. The van der Waals surface area contributed by atoms with Crippen molar-refractivity contribution in [2.75, 3.05) is 5.32 Å². The number of carbonyl (C=O) groups is 1. The molecule has 1 aromatic heterocycles. The molecule has 1 fully saturated rings. The van der Waals surface area contributed by atoms with Gasteiger partial charge in [-0.05, 0) is 44.0 Å². The van der Waals surface area contributed by atoms with E-state index in [2.05, 4.69) is 32.5 Å². The zero-order valence-corrected chi connectivity index (χ0v) is 11.9. The summed E-state index contributed by atoms with van der Waals surface area (Å²) in [4.78, 5) is 26.1. The Balaban J connectivity index is 1.90. The monoisotopic (exact) mass is 315 g/mol. The van der Waals surface area contributed by atoms with Crippen LogP contribution in [0.4, 0.5) is 15.0 Å². The largest absolute Gasteiger partial charge is 0.451 e. The van der Waals surface area contributed by atoms with E-state index in [1.165, 1.54) is 0 Å². The van der Waals surface area contributed by atoms with Crippen molar-refractivity contribution in [2.45, 2.75) is 37.8 Å². The first-order valence-corrected chi connectivity index (χ1v) is 6.84. The number of nitrogens with zero attached hydrogens (tertiary/aromatic N) is 3. The molecule has 21 heavy (non-hydrogen) atoms. The number of amides is 1. The van der Waals surface area contributed by atoms with Gasteiger partial charge in [-0.15, -0.1) is 5.48 Å². The van der Waals surface area contributed by atoms with Gasteiger partial charge in [-0.25, -0.2) is 14.2 Å². The normalized spacial score (nSPS) is 21.6. The number of hydroxylamine groups is 1. The summed E-state index contributed by atoms with van der Waals surface area (Å²) < 4.78 is 13.6. The van der Waals surface area contributed by atoms with Gasteiger partial charge in [0.05, 0.1) is 6.20 Å². The molecule has 1 saturated carbocycles. The Kier molecular flexibility index (Phi) is 5.40. The molecule has 2 N–H and O–H groups in total. The number of aromatic nitrogens is 2. The lowest BCUT2D eigenvalue weighted by Gasteiger charge is -2.29. The second-order valence-electron chi connectivity index (χ2n) is 4.68. The van der Waals surface area contributed by atoms with Crippen LogP contribution in [0, 0.1) is 5.82 Å². The predicted octanol–water partition coefficient (Wildman–Crippen LogP) is 2.33. The highest BCUT2D eigenvalue weighted by atomic mass is 35.5. The first-order valence-electron chi connectivity index (χ1n) is 6.46. The standard InChI is InChI=1S/C12H15ClFN5O2/c1-15-12(20)21-19-8-4-2-3-7(5-8)17-10-9(14)6-16-11(13)18-10/h6-8,19H,1-5H2,(H,16,17,18)/t7-,8+/m0/s1. The highest BCUT2D eigenvalue weighted by Gasteiger charge is 2.24. The fourth-order valence-electron chi connectivity index (χ4n) is 2.23. The van der Waals surface area contributed by atoms with Crippen LogP contribution in [-0.2, 0) is 4.84 Å². The van der Waals surface area contributed by atoms with Crippen molar-refractivity contribution in [2.24, 2.45) is 4.99 Å². The lowest BCUT2D eigenvalue weighted by molar-refractivity contribution is 0.0650. The van der Waals surface area contributed by atoms with Crippen molar-refractivity contribution in [1.29, 1.82) is 0 Å². The maximum absolute atomic E-state index is 13.6. The topological polar surface area (TPSA) is 88.5 Å². The van der Waals surface area contributed by atoms with Gasteiger partial charge in [0.2, 0.25) is 5.28 Å². The minimum atomic E-state index is -0.779. The average Bonchev–Trinajstić information content (AvgIpc) is 2.49. The van der Waals surface area contributed by atoms with E-state index in [-0.39, 0.29) is 23.2 Å². The molecule has 0 unspecified atom stereocenters. The lowest BCUT2D eigenvalue weighted by atomic mass is 9.91. The fourth-order valence-corrected chi connectivity index (χ4v) is 2.37. The predicted molar refractivity (Wildman–Crippen MR) is 75.8 cm³/mol. The SMILES string of the molecule is C=NC(=O)ON[C@@H]1CCC[C@H](Nc2nc(Cl)ncc2F)C1. The number of aliphatic imine (C=N–C) groups is 1. The van der Waals surface area contributed by atoms with E-state index >= 15 is 0 Å². The maximum Gasteiger partial charge on any atom is 0.451 e. The van der Waals surface area contributed by atoms with Crippen molar-refractivity contribution in [1.82, 2.24) is 15.4 Å². The fraction of sp³-hybridized carbons (Fsp3) is 0.500. The Morgan fingerprint density at radius 2 is 2.29 bits per heavy atom. The highest BCUT2D eigenvalue weighted by molar-refractivity contribution is 6.28. The Hall–Kier alpha value is -1.80. The molecule has 9 heteroatoms. The first kappa shape index (κ1) is 15.6. The van der Waals surface area contributed by atoms with Crippen molar-refractivity contribution < 1.29 is 14.0 Å². The van der Waals surface area contributed by atoms with Gasteiger partial charge in [-0.2, -0.15) is 9.98 Å². The Morgan fingerprint density at radius 1 is 1.52 bits per heavy atom. The van der Waals surface area contributed by atoms with Crippen LogP contribution in [-0.4, -0.2) is 34.9 Å². The van der Waals surface area contributed by atoms with Crippen LogP contribution < -0.4 is 10.8 Å². The molecule has 1 aliphatic carbocycles. The quantitative estimate of drug-likeness (QED) is 0.503. The van der Waals surface area contributed by atoms with Gasteiger partial charge in [-0.3, -0.25) is 0 Å². The van der Waals surface area contributed by atoms with Crippen LogP contribution in [0.25, 0.3) is 0 Å². The number of rotatable bonds is 4. The molecule has 1 aliphatic rings. The number of hydrogen-bond acceptors (Lipinski definition) is 6. The van der Waals surface area contributed by atoms with Gasteiger partial charge in [0, 0.05) is 12.1 Å². The van der Waals surface area contributed by atoms with Crippen molar-refractivity contribution in [3.05, 3.63) is 17.3 Å². The third-order valence-corrected chi connectivity index (χ3v) is 3.35. The van der Waals surface area contributed by atoms with Gasteiger partial charge in [0.15, 0.2) is 11.6 Å². The summed E-state index contributed by atoms with van der Waals surface area (Å²) in [6.07, 6.45) is 3.48. The van der Waals surface area contributed by atoms with Gasteiger partial charge in [0.25, 0.3) is 0 Å². The van der Waals surface area contributed by atoms with Crippen LogP contribution in [0.2, 0.25) is 5.28 Å². The zero-order valence-electron chi connectivity index (χ0n) is 11.2. The Labute approximate surface area is 125 Å². The Morgan fingerprint density at radius 3 is 3.05 bits per heavy atom. The highest BCUT2D eigenvalue weighted by Crippen LogP contribution is 2.23. The summed E-state index contributed by atoms with van der Waals surface area (Å²) in [5.41, 5.74) is 2.64. The first-order chi connectivity index (χ1) is 10.1. The molecule has 0 spiro atoms. The summed E-state index contributed by atoms with van der Waals surface area (Å²) in [5.74, 6) is -0.484. The lowest BCUT2D eigenvalue weighted by Crippen LogP contribution is -2.39. The molecule has 0 aromatic carbocycles. The van der Waals surface area contributed by atoms with Gasteiger partial charge < -0.3 is 10.2 Å². The van der Waals surface area contributed by atoms with E-state index in [1.54, 1.807) is 0 Å². The molecular formula is C12H15ClFN5O2. The van der Waals surface area contributed by atoms with E-state index in [9.17, 15) is 9.18 Å². The van der Waals surface area contributed by atoms with Gasteiger partial charge >= 0.3 is 6.09 Å². The number of anilines is 1. The van der Waals surface area contributed by atoms with E-state index in [0.717, 1.165) is 25.5 Å². The van der Waals surface area contributed by atoms with Crippen LogP contribution in [0.3, 0.4) is 0 Å². The van der Waals surface area contributed by atoms with Crippen LogP contribution in [0.1, 0.15) is 25.7 Å². The molecule has 0 aliphatic heterocycles. The summed E-state index contributed by atoms with van der Waals surface area (Å²) in [6.45, 7) is 3.07. The number of halogens is 2. The van der Waals surface area contributed by atoms with E-state index in [4.69, 9.17) is 16.4 Å². The molecule has 2 atom stereocenters. The van der Waals surface area contributed by atoms with Crippen molar-refractivity contribution in [3.63, 3.8) is 0 Å². The number of carbonyl (C=O) groups excluding carboxylic acids is 1. The molecule has 0 bridgehead atoms.